The van der Waals surface area contributed by atoms with E-state index in [4.69, 9.17) is 0 Å². The maximum absolute atomic E-state index is 2.48. The highest BCUT2D eigenvalue weighted by molar-refractivity contribution is 7.25. The molecular weight excluding hydrogens is 504 g/mol. The van der Waals surface area contributed by atoms with Crippen molar-refractivity contribution < 1.29 is 0 Å². The van der Waals surface area contributed by atoms with Crippen molar-refractivity contribution in [3.05, 3.63) is 152 Å². The molecule has 7 rings (SSSR count). The molecule has 0 radical (unpaired) electrons. The molecule has 5 aromatic carbocycles. The Hall–Kier alpha value is -4.60. The zero-order valence-electron chi connectivity index (χ0n) is 22.4. The summed E-state index contributed by atoms with van der Waals surface area (Å²) in [6.45, 7) is 2.30. The van der Waals surface area contributed by atoms with Gasteiger partial charge in [0.25, 0.3) is 0 Å². The van der Waals surface area contributed by atoms with Crippen molar-refractivity contribution in [2.45, 2.75) is 13.0 Å². The molecule has 2 atom stereocenters. The molecule has 0 N–H and O–H groups in total. The first-order valence-electron chi connectivity index (χ1n) is 13.8. The average Bonchev–Trinajstić information content (AvgIpc) is 3.38. The second-order valence-electron chi connectivity index (χ2n) is 10.3. The third-order valence-corrected chi connectivity index (χ3v) is 8.86. The molecule has 0 spiro atoms. The van der Waals surface area contributed by atoms with Gasteiger partial charge in [-0.15, -0.1) is 11.3 Å². The van der Waals surface area contributed by atoms with E-state index in [9.17, 15) is 0 Å². The van der Waals surface area contributed by atoms with Gasteiger partial charge in [-0.1, -0.05) is 85.8 Å². The van der Waals surface area contributed by atoms with Crippen LogP contribution in [0, 0.1) is 5.92 Å². The lowest BCUT2D eigenvalue weighted by Crippen LogP contribution is -2.35. The van der Waals surface area contributed by atoms with Crippen molar-refractivity contribution in [3.8, 4) is 0 Å². The molecule has 2 unspecified atom stereocenters. The number of benzene rings is 5. The number of hydrogen-bond acceptors (Lipinski definition) is 3. The molecular formula is C37H30N2S. The lowest BCUT2D eigenvalue weighted by atomic mass is 9.94. The van der Waals surface area contributed by atoms with Gasteiger partial charge in [0.15, 0.2) is 0 Å². The molecule has 0 bridgehead atoms. The van der Waals surface area contributed by atoms with Crippen molar-refractivity contribution in [2.75, 3.05) is 9.80 Å². The molecule has 2 nitrogen and oxygen atoms in total. The van der Waals surface area contributed by atoms with Gasteiger partial charge in [-0.05, 0) is 78.7 Å². The van der Waals surface area contributed by atoms with E-state index in [0.717, 1.165) is 17.1 Å². The van der Waals surface area contributed by atoms with E-state index in [0.29, 0.717) is 5.92 Å². The van der Waals surface area contributed by atoms with Gasteiger partial charge in [0, 0.05) is 48.6 Å². The molecule has 0 fully saturated rings. The topological polar surface area (TPSA) is 6.48 Å². The van der Waals surface area contributed by atoms with E-state index in [1.165, 1.54) is 31.5 Å². The molecule has 1 aliphatic rings. The van der Waals surface area contributed by atoms with Gasteiger partial charge in [-0.2, -0.15) is 0 Å². The Morgan fingerprint density at radius 2 is 1.00 bits per heavy atom. The second kappa shape index (κ2) is 10.5. The summed E-state index contributed by atoms with van der Waals surface area (Å²) >= 11 is 1.86. The molecule has 0 amide bonds. The van der Waals surface area contributed by atoms with Crippen molar-refractivity contribution >= 4 is 59.9 Å². The summed E-state index contributed by atoms with van der Waals surface area (Å²) in [7, 11) is 0. The van der Waals surface area contributed by atoms with E-state index >= 15 is 0 Å². The summed E-state index contributed by atoms with van der Waals surface area (Å²) in [6, 6.07) is 46.1. The fourth-order valence-corrected chi connectivity index (χ4v) is 6.82. The third-order valence-electron chi connectivity index (χ3n) is 7.71. The van der Waals surface area contributed by atoms with E-state index in [2.05, 4.69) is 168 Å². The van der Waals surface area contributed by atoms with Crippen LogP contribution < -0.4 is 9.80 Å². The first-order chi connectivity index (χ1) is 19.8. The minimum absolute atomic E-state index is 0.247. The van der Waals surface area contributed by atoms with Crippen LogP contribution in [0.3, 0.4) is 0 Å². The predicted octanol–water partition coefficient (Wildman–Crippen LogP) is 10.8. The van der Waals surface area contributed by atoms with E-state index in [1.54, 1.807) is 0 Å². The SMILES string of the molecule is CC1C=CC=CC1N(c1ccccc1)c1ccc2sc3ccc(N(c4ccccc4)c4ccccc4)cc3c2c1. The number of allylic oxidation sites excluding steroid dienone is 2. The number of nitrogens with zero attached hydrogens (tertiary/aromatic N) is 2. The minimum Gasteiger partial charge on any atom is -0.334 e. The van der Waals surface area contributed by atoms with E-state index in [-0.39, 0.29) is 6.04 Å². The standard InChI is InChI=1S/C37H30N2S/c1-27-13-11-12-20-35(27)39(30-18-9-4-10-19-30)32-22-24-37-34(26-32)33-25-31(21-23-36(33)40-37)38(28-14-5-2-6-15-28)29-16-7-3-8-17-29/h2-27,35H,1H3. The highest BCUT2D eigenvalue weighted by Gasteiger charge is 2.25. The van der Waals surface area contributed by atoms with Crippen LogP contribution in [0.25, 0.3) is 20.2 Å². The normalized spacial score (nSPS) is 16.4. The van der Waals surface area contributed by atoms with Crippen LogP contribution in [-0.4, -0.2) is 6.04 Å². The Morgan fingerprint density at radius 1 is 0.500 bits per heavy atom. The molecule has 0 aliphatic heterocycles. The van der Waals surface area contributed by atoms with Crippen LogP contribution >= 0.6 is 11.3 Å². The number of rotatable bonds is 6. The van der Waals surface area contributed by atoms with Crippen LogP contribution in [0.5, 0.6) is 0 Å². The van der Waals surface area contributed by atoms with Gasteiger partial charge in [0.1, 0.15) is 0 Å². The maximum atomic E-state index is 2.48. The van der Waals surface area contributed by atoms with Gasteiger partial charge in [0.2, 0.25) is 0 Å². The maximum Gasteiger partial charge on any atom is 0.0585 e. The smallest absolute Gasteiger partial charge is 0.0585 e. The number of fused-ring (bicyclic) bond motifs is 3. The van der Waals surface area contributed by atoms with Gasteiger partial charge >= 0.3 is 0 Å². The predicted molar refractivity (Wildman–Crippen MR) is 174 cm³/mol. The summed E-state index contributed by atoms with van der Waals surface area (Å²) in [6.07, 6.45) is 8.95. The molecule has 1 heterocycles. The van der Waals surface area contributed by atoms with E-state index < -0.39 is 0 Å². The van der Waals surface area contributed by atoms with Gasteiger partial charge in [0.05, 0.1) is 6.04 Å². The third kappa shape index (κ3) is 4.49. The van der Waals surface area contributed by atoms with Crippen LogP contribution in [0.2, 0.25) is 0 Å². The fraction of sp³-hybridized carbons (Fsp3) is 0.0811. The Labute approximate surface area is 239 Å². The van der Waals surface area contributed by atoms with Crippen molar-refractivity contribution in [1.29, 1.82) is 0 Å². The molecule has 0 saturated heterocycles. The average molecular weight is 535 g/mol. The lowest BCUT2D eigenvalue weighted by molar-refractivity contribution is 0.609. The van der Waals surface area contributed by atoms with Crippen LogP contribution in [0.15, 0.2) is 152 Å². The summed E-state index contributed by atoms with van der Waals surface area (Å²) in [5.74, 6) is 0.400. The molecule has 1 aromatic heterocycles. The van der Waals surface area contributed by atoms with E-state index in [1.807, 2.05) is 11.3 Å². The summed E-state index contributed by atoms with van der Waals surface area (Å²) in [4.78, 5) is 4.82. The number of para-hydroxylation sites is 3. The van der Waals surface area contributed by atoms with Crippen molar-refractivity contribution in [1.82, 2.24) is 0 Å². The van der Waals surface area contributed by atoms with Crippen molar-refractivity contribution in [3.63, 3.8) is 0 Å². The quantitative estimate of drug-likeness (QED) is 0.210. The number of thiophene rings is 1. The lowest BCUT2D eigenvalue weighted by Gasteiger charge is -2.36. The van der Waals surface area contributed by atoms with Crippen LogP contribution in [-0.2, 0) is 0 Å². The first kappa shape index (κ1) is 24.4. The molecule has 6 aromatic rings. The molecule has 194 valence electrons. The van der Waals surface area contributed by atoms with Crippen LogP contribution in [0.1, 0.15) is 6.92 Å². The van der Waals surface area contributed by atoms with Crippen molar-refractivity contribution in [2.24, 2.45) is 5.92 Å². The molecule has 3 heteroatoms. The molecule has 0 saturated carbocycles. The molecule has 1 aliphatic carbocycles. The molecule has 40 heavy (non-hydrogen) atoms. The van der Waals surface area contributed by atoms with Gasteiger partial charge in [-0.25, -0.2) is 0 Å². The fourth-order valence-electron chi connectivity index (χ4n) is 5.75. The Kier molecular flexibility index (Phi) is 6.43. The zero-order valence-corrected chi connectivity index (χ0v) is 23.2. The number of anilines is 5. The number of hydrogen-bond donors (Lipinski definition) is 0. The highest BCUT2D eigenvalue weighted by Crippen LogP contribution is 2.43. The Bertz CT molecular complexity index is 1780. The Morgan fingerprint density at radius 3 is 1.57 bits per heavy atom. The zero-order chi connectivity index (χ0) is 26.9. The largest absolute Gasteiger partial charge is 0.334 e. The first-order valence-corrected chi connectivity index (χ1v) is 14.6. The summed E-state index contributed by atoms with van der Waals surface area (Å²) in [5, 5.41) is 2.58. The van der Waals surface area contributed by atoms with Gasteiger partial charge < -0.3 is 9.80 Å². The summed E-state index contributed by atoms with van der Waals surface area (Å²) < 4.78 is 2.61. The Balaban J connectivity index is 1.39. The van der Waals surface area contributed by atoms with Crippen LogP contribution in [0.4, 0.5) is 28.4 Å². The highest BCUT2D eigenvalue weighted by atomic mass is 32.1. The van der Waals surface area contributed by atoms with Gasteiger partial charge in [-0.3, -0.25) is 0 Å². The monoisotopic (exact) mass is 534 g/mol. The summed E-state index contributed by atoms with van der Waals surface area (Å²) in [5.41, 5.74) is 5.87. The minimum atomic E-state index is 0.247. The second-order valence-corrected chi connectivity index (χ2v) is 11.4.